The second-order valence-corrected chi connectivity index (χ2v) is 8.69. The normalized spacial score (nSPS) is 19.2. The highest BCUT2D eigenvalue weighted by Gasteiger charge is 2.32. The zero-order chi connectivity index (χ0) is 23.1. The molecular formula is C24H29N7O2. The molecule has 5 rings (SSSR count). The summed E-state index contributed by atoms with van der Waals surface area (Å²) in [6.45, 7) is 5.41. The van der Waals surface area contributed by atoms with Crippen molar-refractivity contribution in [1.82, 2.24) is 29.9 Å². The Bertz CT molecular complexity index is 1230. The van der Waals surface area contributed by atoms with Crippen molar-refractivity contribution in [3.63, 3.8) is 0 Å². The van der Waals surface area contributed by atoms with Crippen molar-refractivity contribution in [1.29, 1.82) is 0 Å². The van der Waals surface area contributed by atoms with Crippen LogP contribution in [0.15, 0.2) is 42.6 Å². The number of para-hydroxylation sites is 1. The van der Waals surface area contributed by atoms with E-state index in [4.69, 9.17) is 10.5 Å². The molecule has 0 fully saturated rings. The number of amides is 1. The largest absolute Gasteiger partial charge is 0.493 e. The van der Waals surface area contributed by atoms with Gasteiger partial charge in [-0.2, -0.15) is 4.98 Å². The fourth-order valence-electron chi connectivity index (χ4n) is 4.47. The lowest BCUT2D eigenvalue weighted by Crippen LogP contribution is -2.37. The van der Waals surface area contributed by atoms with Crippen molar-refractivity contribution in [3.05, 3.63) is 59.4 Å². The number of fused-ring (bicyclic) bond motifs is 2. The summed E-state index contributed by atoms with van der Waals surface area (Å²) in [5.41, 5.74) is 10.0. The molecule has 0 radical (unpaired) electrons. The number of anilines is 1. The zero-order valence-electron chi connectivity index (χ0n) is 19.2. The third-order valence-electron chi connectivity index (χ3n) is 6.37. The maximum absolute atomic E-state index is 13.0. The van der Waals surface area contributed by atoms with Crippen LogP contribution in [0.3, 0.4) is 0 Å². The molecule has 0 aliphatic carbocycles. The first-order chi connectivity index (χ1) is 15.9. The van der Waals surface area contributed by atoms with Gasteiger partial charge >= 0.3 is 0 Å². The minimum atomic E-state index is -0.191. The van der Waals surface area contributed by atoms with Crippen LogP contribution in [0.5, 0.6) is 5.75 Å². The Morgan fingerprint density at radius 2 is 2.15 bits per heavy atom. The highest BCUT2D eigenvalue weighted by Crippen LogP contribution is 2.39. The van der Waals surface area contributed by atoms with E-state index in [1.165, 1.54) is 10.1 Å². The highest BCUT2D eigenvalue weighted by atomic mass is 16.5. The van der Waals surface area contributed by atoms with E-state index < -0.39 is 0 Å². The molecular weight excluding hydrogens is 418 g/mol. The van der Waals surface area contributed by atoms with E-state index in [1.807, 2.05) is 44.2 Å². The number of hydrogen-bond acceptors (Lipinski definition) is 7. The van der Waals surface area contributed by atoms with Gasteiger partial charge in [-0.3, -0.25) is 4.79 Å². The molecule has 4 heterocycles. The number of nitrogens with two attached hydrogens (primary N) is 1. The highest BCUT2D eigenvalue weighted by molar-refractivity contribution is 5.94. The van der Waals surface area contributed by atoms with Gasteiger partial charge in [-0.1, -0.05) is 25.1 Å². The number of hydrazine groups is 1. The van der Waals surface area contributed by atoms with Crippen LogP contribution in [-0.2, 0) is 0 Å². The maximum atomic E-state index is 13.0. The summed E-state index contributed by atoms with van der Waals surface area (Å²) < 4.78 is 7.37. The number of rotatable bonds is 5. The lowest BCUT2D eigenvalue weighted by molar-refractivity contribution is 0.0189. The Balaban J connectivity index is 1.52. The van der Waals surface area contributed by atoms with E-state index in [0.717, 1.165) is 29.7 Å². The minimum absolute atomic E-state index is 0.0537. The van der Waals surface area contributed by atoms with Crippen molar-refractivity contribution in [2.45, 2.75) is 38.8 Å². The van der Waals surface area contributed by atoms with Crippen molar-refractivity contribution >= 4 is 23.1 Å². The molecule has 2 aromatic heterocycles. The second-order valence-electron chi connectivity index (χ2n) is 8.69. The quantitative estimate of drug-likeness (QED) is 0.620. The Labute approximate surface area is 192 Å². The van der Waals surface area contributed by atoms with Gasteiger partial charge in [-0.05, 0) is 42.7 Å². The first kappa shape index (κ1) is 21.3. The molecule has 33 heavy (non-hydrogen) atoms. The number of ether oxygens (including phenoxy) is 1. The van der Waals surface area contributed by atoms with E-state index in [2.05, 4.69) is 44.7 Å². The first-order valence-corrected chi connectivity index (χ1v) is 11.3. The van der Waals surface area contributed by atoms with Gasteiger partial charge in [0.05, 0.1) is 12.6 Å². The summed E-state index contributed by atoms with van der Waals surface area (Å²) in [5.74, 6) is 0.888. The standard InChI is InChI=1S/C24H29N7O2/c1-4-15(2)26-23(32)20-11-16(12-22-27-24(25)28-31(20)22)17-13-29(3)30(14-17)19-9-10-33-21-8-6-5-7-18(19)21/h5-8,11-12,14-15,19H,4,9-10,13H2,1-3H3,(H2,25,28)(H,26,32)/t15-,19?/m0/s1. The summed E-state index contributed by atoms with van der Waals surface area (Å²) >= 11 is 0. The smallest absolute Gasteiger partial charge is 0.270 e. The molecule has 3 aromatic rings. The molecule has 2 aliphatic rings. The number of nitrogens with zero attached hydrogens (tertiary/aromatic N) is 5. The topological polar surface area (TPSA) is 101 Å². The van der Waals surface area contributed by atoms with Crippen molar-refractivity contribution in [2.24, 2.45) is 0 Å². The van der Waals surface area contributed by atoms with Crippen LogP contribution in [0.1, 0.15) is 54.3 Å². The molecule has 0 saturated carbocycles. The van der Waals surface area contributed by atoms with Crippen LogP contribution in [0.2, 0.25) is 0 Å². The van der Waals surface area contributed by atoms with E-state index in [-0.39, 0.29) is 23.9 Å². The molecule has 2 atom stereocenters. The number of carbonyl (C=O) groups excluding carboxylic acids is 1. The van der Waals surface area contributed by atoms with Crippen LogP contribution in [0.4, 0.5) is 5.95 Å². The second kappa shape index (κ2) is 8.40. The first-order valence-electron chi connectivity index (χ1n) is 11.3. The molecule has 172 valence electrons. The van der Waals surface area contributed by atoms with Gasteiger partial charge in [0.25, 0.3) is 5.91 Å². The summed E-state index contributed by atoms with van der Waals surface area (Å²) in [4.78, 5) is 17.3. The minimum Gasteiger partial charge on any atom is -0.493 e. The maximum Gasteiger partial charge on any atom is 0.270 e. The monoisotopic (exact) mass is 447 g/mol. The van der Waals surface area contributed by atoms with E-state index >= 15 is 0 Å². The van der Waals surface area contributed by atoms with Crippen molar-refractivity contribution < 1.29 is 9.53 Å². The van der Waals surface area contributed by atoms with Crippen LogP contribution in [-0.4, -0.2) is 56.8 Å². The van der Waals surface area contributed by atoms with E-state index in [1.54, 1.807) is 0 Å². The van der Waals surface area contributed by atoms with Crippen LogP contribution in [0, 0.1) is 0 Å². The number of pyridine rings is 1. The SMILES string of the molecule is CC[C@H](C)NC(=O)c1cc(C2=CN(C3CCOc4ccccc43)N(C)C2)cc2nc(N)nn12. The third-order valence-corrected chi connectivity index (χ3v) is 6.37. The molecule has 9 heteroatoms. The molecule has 2 aliphatic heterocycles. The lowest BCUT2D eigenvalue weighted by Gasteiger charge is -2.37. The summed E-state index contributed by atoms with van der Waals surface area (Å²) in [5, 5.41) is 11.7. The van der Waals surface area contributed by atoms with Gasteiger partial charge in [0, 0.05) is 37.8 Å². The molecule has 3 N–H and O–H groups in total. The average Bonchev–Trinajstić information content (AvgIpc) is 3.39. The van der Waals surface area contributed by atoms with Crippen LogP contribution >= 0.6 is 0 Å². The molecule has 0 saturated heterocycles. The lowest BCUT2D eigenvalue weighted by atomic mass is 10.00. The Morgan fingerprint density at radius 3 is 2.97 bits per heavy atom. The number of likely N-dealkylation sites (N-methyl/N-ethyl adjacent to an activating group) is 1. The number of hydrogen-bond donors (Lipinski definition) is 2. The molecule has 0 spiro atoms. The van der Waals surface area contributed by atoms with E-state index in [0.29, 0.717) is 24.5 Å². The zero-order valence-corrected chi connectivity index (χ0v) is 19.2. The third kappa shape index (κ3) is 3.89. The van der Waals surface area contributed by atoms with Crippen LogP contribution < -0.4 is 15.8 Å². The number of benzene rings is 1. The number of aromatic nitrogens is 3. The van der Waals surface area contributed by atoms with Gasteiger partial charge in [-0.15, -0.1) is 5.10 Å². The number of nitrogens with one attached hydrogen (secondary N) is 1. The van der Waals surface area contributed by atoms with E-state index in [9.17, 15) is 4.79 Å². The number of carbonyl (C=O) groups is 1. The summed E-state index contributed by atoms with van der Waals surface area (Å²) in [6, 6.07) is 12.3. The predicted octanol–water partition coefficient (Wildman–Crippen LogP) is 2.87. The van der Waals surface area contributed by atoms with Gasteiger partial charge in [0.1, 0.15) is 11.4 Å². The van der Waals surface area contributed by atoms with Gasteiger partial charge in [-0.25, -0.2) is 9.52 Å². The van der Waals surface area contributed by atoms with Crippen molar-refractivity contribution in [3.8, 4) is 5.75 Å². The average molecular weight is 448 g/mol. The molecule has 1 amide bonds. The summed E-state index contributed by atoms with van der Waals surface area (Å²) in [6.07, 6.45) is 3.90. The Kier molecular flexibility index (Phi) is 5.41. The van der Waals surface area contributed by atoms with Crippen molar-refractivity contribution in [2.75, 3.05) is 25.9 Å². The van der Waals surface area contributed by atoms with Gasteiger partial charge in [0.15, 0.2) is 5.65 Å². The Morgan fingerprint density at radius 1 is 1.33 bits per heavy atom. The molecule has 0 bridgehead atoms. The molecule has 1 unspecified atom stereocenters. The molecule has 1 aromatic carbocycles. The molecule has 9 nitrogen and oxygen atoms in total. The van der Waals surface area contributed by atoms with Gasteiger partial charge < -0.3 is 20.8 Å². The van der Waals surface area contributed by atoms with Gasteiger partial charge in [0.2, 0.25) is 5.95 Å². The fraction of sp³-hybridized carbons (Fsp3) is 0.375. The Hall–Kier alpha value is -3.59. The summed E-state index contributed by atoms with van der Waals surface area (Å²) in [7, 11) is 2.08. The fourth-order valence-corrected chi connectivity index (χ4v) is 4.47. The predicted molar refractivity (Wildman–Crippen MR) is 126 cm³/mol. The number of nitrogen functional groups attached to an aromatic ring is 1. The van der Waals surface area contributed by atoms with Crippen LogP contribution in [0.25, 0.3) is 11.2 Å².